The van der Waals surface area contributed by atoms with Crippen molar-refractivity contribution in [3.63, 3.8) is 0 Å². The summed E-state index contributed by atoms with van der Waals surface area (Å²) in [5.74, 6) is 0. The first kappa shape index (κ1) is 23.8. The molecule has 6 nitrogen and oxygen atoms in total. The molecule has 4 atom stereocenters. The molecule has 0 aliphatic heterocycles. The quantitative estimate of drug-likeness (QED) is 0.619. The molecule has 0 aromatic heterocycles. The molecule has 0 rings (SSSR count). The fourth-order valence-corrected chi connectivity index (χ4v) is 2.08. The first-order valence-electron chi connectivity index (χ1n) is 8.52. The predicted octanol–water partition coefficient (Wildman–Crippen LogP) is 1.88. The van der Waals surface area contributed by atoms with Crippen molar-refractivity contribution in [1.29, 1.82) is 0 Å². The van der Waals surface area contributed by atoms with Gasteiger partial charge in [0.25, 0.3) is 0 Å². The smallest absolute Gasteiger partial charge is 0.115 e. The Bertz CT molecular complexity index is 350. The second-order valence-corrected chi connectivity index (χ2v) is 9.13. The van der Waals surface area contributed by atoms with Gasteiger partial charge in [-0.2, -0.15) is 0 Å². The lowest BCUT2D eigenvalue weighted by Crippen LogP contribution is -2.55. The van der Waals surface area contributed by atoms with Crippen LogP contribution in [0.3, 0.4) is 0 Å². The van der Waals surface area contributed by atoms with Crippen LogP contribution < -0.4 is 0 Å². The van der Waals surface area contributed by atoms with Crippen LogP contribution in [0.4, 0.5) is 0 Å². The Morgan fingerprint density at radius 3 is 1.33 bits per heavy atom. The highest BCUT2D eigenvalue weighted by atomic mass is 16.6. The van der Waals surface area contributed by atoms with Crippen LogP contribution in [0.15, 0.2) is 0 Å². The molecule has 0 aromatic carbocycles. The number of aliphatic hydroxyl groups excluding tert-OH is 3. The third kappa shape index (κ3) is 10.6. The van der Waals surface area contributed by atoms with E-state index in [4.69, 9.17) is 14.2 Å². The molecule has 146 valence electrons. The molecule has 0 fully saturated rings. The molecular weight excluding hydrogens is 312 g/mol. The summed E-state index contributed by atoms with van der Waals surface area (Å²) in [5.41, 5.74) is -1.56. The van der Waals surface area contributed by atoms with Gasteiger partial charge in [0.05, 0.1) is 30.0 Å². The Hall–Kier alpha value is -0.240. The molecule has 0 saturated carbocycles. The minimum absolute atomic E-state index is 0.0341. The summed E-state index contributed by atoms with van der Waals surface area (Å²) in [6.07, 6.45) is -3.95. The van der Waals surface area contributed by atoms with Gasteiger partial charge in [0.2, 0.25) is 0 Å². The largest absolute Gasteiger partial charge is 0.394 e. The van der Waals surface area contributed by atoms with E-state index in [1.807, 2.05) is 62.3 Å². The van der Waals surface area contributed by atoms with E-state index >= 15 is 0 Å². The first-order chi connectivity index (χ1) is 10.6. The molecule has 0 radical (unpaired) electrons. The van der Waals surface area contributed by atoms with Crippen molar-refractivity contribution < 1.29 is 29.5 Å². The van der Waals surface area contributed by atoms with Crippen molar-refractivity contribution in [3.8, 4) is 0 Å². The maximum absolute atomic E-state index is 10.6. The maximum atomic E-state index is 10.6. The van der Waals surface area contributed by atoms with Gasteiger partial charge in [-0.3, -0.25) is 0 Å². The summed E-state index contributed by atoms with van der Waals surface area (Å²) in [4.78, 5) is 0. The van der Waals surface area contributed by atoms with Crippen LogP contribution in [-0.4, -0.2) is 69.8 Å². The van der Waals surface area contributed by atoms with Gasteiger partial charge in [-0.1, -0.05) is 0 Å². The van der Waals surface area contributed by atoms with E-state index in [-0.39, 0.29) is 6.61 Å². The highest BCUT2D eigenvalue weighted by Crippen LogP contribution is 2.25. The average Bonchev–Trinajstić information content (AvgIpc) is 2.36. The highest BCUT2D eigenvalue weighted by Gasteiger charge is 2.40. The summed E-state index contributed by atoms with van der Waals surface area (Å²) in [6, 6.07) is 0. The van der Waals surface area contributed by atoms with Crippen LogP contribution in [0.25, 0.3) is 0 Å². The Kier molecular flexibility index (Phi) is 8.83. The number of hydrogen-bond acceptors (Lipinski definition) is 6. The van der Waals surface area contributed by atoms with Gasteiger partial charge in [0.15, 0.2) is 0 Å². The molecular formula is C18H38O6. The van der Waals surface area contributed by atoms with Crippen molar-refractivity contribution in [2.24, 2.45) is 0 Å². The van der Waals surface area contributed by atoms with Gasteiger partial charge in [-0.05, 0) is 62.3 Å². The Labute approximate surface area is 147 Å². The van der Waals surface area contributed by atoms with Gasteiger partial charge in [0, 0.05) is 0 Å². The lowest BCUT2D eigenvalue weighted by atomic mass is 10.00. The predicted molar refractivity (Wildman–Crippen MR) is 94.1 cm³/mol. The van der Waals surface area contributed by atoms with E-state index in [9.17, 15) is 15.3 Å². The van der Waals surface area contributed by atoms with Gasteiger partial charge in [0.1, 0.15) is 24.4 Å². The van der Waals surface area contributed by atoms with Crippen LogP contribution in [0.1, 0.15) is 62.3 Å². The molecule has 0 amide bonds. The third-order valence-electron chi connectivity index (χ3n) is 2.94. The zero-order chi connectivity index (χ0) is 19.3. The zero-order valence-electron chi connectivity index (χ0n) is 16.8. The van der Waals surface area contributed by atoms with Crippen molar-refractivity contribution in [2.75, 3.05) is 13.2 Å². The van der Waals surface area contributed by atoms with E-state index < -0.39 is 47.8 Å². The van der Waals surface area contributed by atoms with Crippen LogP contribution in [0, 0.1) is 0 Å². The first-order valence-corrected chi connectivity index (χ1v) is 8.52. The number of aliphatic hydroxyl groups is 3. The monoisotopic (exact) mass is 350 g/mol. The molecule has 0 heterocycles. The molecule has 24 heavy (non-hydrogen) atoms. The fraction of sp³-hybridized carbons (Fsp3) is 1.00. The fourth-order valence-electron chi connectivity index (χ4n) is 2.08. The minimum atomic E-state index is -1.18. The van der Waals surface area contributed by atoms with Crippen molar-refractivity contribution in [1.82, 2.24) is 0 Å². The van der Waals surface area contributed by atoms with Gasteiger partial charge in [-0.15, -0.1) is 0 Å². The molecule has 0 bridgehead atoms. The Morgan fingerprint density at radius 1 is 0.667 bits per heavy atom. The molecule has 0 spiro atoms. The van der Waals surface area contributed by atoms with Crippen LogP contribution >= 0.6 is 0 Å². The summed E-state index contributed by atoms with van der Waals surface area (Å²) < 4.78 is 17.5. The summed E-state index contributed by atoms with van der Waals surface area (Å²) in [6.45, 7) is 16.3. The zero-order valence-corrected chi connectivity index (χ0v) is 16.8. The second kappa shape index (κ2) is 8.92. The standard InChI is InChI=1S/C18H38O6/c1-16(2,3)22-11-13(21)15(24-18(7,8)9)14(12(20)10-19)23-17(4,5)6/h12-15,19-21H,10-11H2,1-9H3. The van der Waals surface area contributed by atoms with Gasteiger partial charge >= 0.3 is 0 Å². The summed E-state index contributed by atoms with van der Waals surface area (Å²) in [5, 5.41) is 30.2. The lowest BCUT2D eigenvalue weighted by Gasteiger charge is -2.40. The normalized spacial score (nSPS) is 19.0. The van der Waals surface area contributed by atoms with Crippen LogP contribution in [-0.2, 0) is 14.2 Å². The van der Waals surface area contributed by atoms with Crippen LogP contribution in [0.2, 0.25) is 0 Å². The Balaban J connectivity index is 5.43. The maximum Gasteiger partial charge on any atom is 0.115 e. The molecule has 3 N–H and O–H groups in total. The molecule has 0 aliphatic rings. The van der Waals surface area contributed by atoms with E-state index in [1.165, 1.54) is 0 Å². The van der Waals surface area contributed by atoms with E-state index in [1.54, 1.807) is 0 Å². The molecule has 6 heteroatoms. The van der Waals surface area contributed by atoms with Crippen LogP contribution in [0.5, 0.6) is 0 Å². The average molecular weight is 350 g/mol. The number of hydrogen-bond donors (Lipinski definition) is 3. The summed E-state index contributed by atoms with van der Waals surface area (Å²) in [7, 11) is 0. The van der Waals surface area contributed by atoms with E-state index in [0.29, 0.717) is 0 Å². The molecule has 0 aliphatic carbocycles. The number of ether oxygens (including phenoxy) is 3. The van der Waals surface area contributed by atoms with E-state index in [0.717, 1.165) is 0 Å². The third-order valence-corrected chi connectivity index (χ3v) is 2.94. The van der Waals surface area contributed by atoms with E-state index in [2.05, 4.69) is 0 Å². The SMILES string of the molecule is CC(C)(C)OCC(O)C(OC(C)(C)C)C(OC(C)(C)C)C(O)CO. The summed E-state index contributed by atoms with van der Waals surface area (Å²) >= 11 is 0. The lowest BCUT2D eigenvalue weighted by molar-refractivity contribution is -0.230. The second-order valence-electron chi connectivity index (χ2n) is 9.13. The minimum Gasteiger partial charge on any atom is -0.394 e. The highest BCUT2D eigenvalue weighted by molar-refractivity contribution is 4.88. The molecule has 0 aromatic rings. The van der Waals surface area contributed by atoms with Crippen molar-refractivity contribution in [2.45, 2.75) is 104 Å². The van der Waals surface area contributed by atoms with Gasteiger partial charge < -0.3 is 29.5 Å². The molecule has 0 saturated heterocycles. The van der Waals surface area contributed by atoms with Crippen molar-refractivity contribution >= 4 is 0 Å². The Morgan fingerprint density at radius 2 is 1.04 bits per heavy atom. The van der Waals surface area contributed by atoms with Gasteiger partial charge in [-0.25, -0.2) is 0 Å². The topological polar surface area (TPSA) is 88.4 Å². The van der Waals surface area contributed by atoms with Crippen molar-refractivity contribution in [3.05, 3.63) is 0 Å². The molecule has 4 unspecified atom stereocenters. The number of rotatable bonds is 8.